The predicted molar refractivity (Wildman–Crippen MR) is 100 cm³/mol. The summed E-state index contributed by atoms with van der Waals surface area (Å²) in [6.45, 7) is 5.44. The molecule has 3 rings (SSSR count). The molecular weight excluding hydrogens is 382 g/mol. The topological polar surface area (TPSA) is 71.9 Å². The lowest BCUT2D eigenvalue weighted by atomic mass is 10.4. The Morgan fingerprint density at radius 2 is 2.00 bits per heavy atom. The van der Waals surface area contributed by atoms with E-state index in [9.17, 15) is 4.79 Å². The maximum atomic E-state index is 12.0. The summed E-state index contributed by atoms with van der Waals surface area (Å²) >= 11 is 5.99. The number of thioether (sulfide) groups is 1. The van der Waals surface area contributed by atoms with Crippen molar-refractivity contribution in [3.05, 3.63) is 17.8 Å². The molecule has 3 heterocycles. The first-order chi connectivity index (χ1) is 11.7. The molecule has 0 radical (unpaired) electrons. The third kappa shape index (κ3) is 4.05. The number of hydrogen-bond acceptors (Lipinski definition) is 9. The highest BCUT2D eigenvalue weighted by Gasteiger charge is 2.14. The van der Waals surface area contributed by atoms with Crippen molar-refractivity contribution in [2.45, 2.75) is 27.6 Å². The van der Waals surface area contributed by atoms with Crippen molar-refractivity contribution in [3.8, 4) is 0 Å². The summed E-state index contributed by atoms with van der Waals surface area (Å²) < 4.78 is 1.62. The molecule has 0 aliphatic rings. The summed E-state index contributed by atoms with van der Waals surface area (Å²) in [5.74, 6) is 0.522. The zero-order chi connectivity index (χ0) is 16.9. The Labute approximate surface area is 156 Å². The molecule has 0 bridgehead atoms. The van der Waals surface area contributed by atoms with Crippen molar-refractivity contribution in [1.29, 1.82) is 0 Å². The maximum absolute atomic E-state index is 12.0. The Morgan fingerprint density at radius 3 is 2.79 bits per heavy atom. The van der Waals surface area contributed by atoms with E-state index in [1.807, 2.05) is 30.2 Å². The Kier molecular flexibility index (Phi) is 6.04. The summed E-state index contributed by atoms with van der Waals surface area (Å²) in [6, 6.07) is 2.02. The van der Waals surface area contributed by atoms with Gasteiger partial charge in [-0.05, 0) is 37.1 Å². The third-order valence-corrected chi connectivity index (χ3v) is 7.16. The van der Waals surface area contributed by atoms with Crippen molar-refractivity contribution in [2.24, 2.45) is 0 Å². The molecule has 0 spiro atoms. The third-order valence-electron chi connectivity index (χ3n) is 3.23. The molecule has 0 fully saturated rings. The van der Waals surface area contributed by atoms with Gasteiger partial charge in [0.25, 0.3) is 0 Å². The number of carbonyl (C=O) groups excluding carboxylic acids is 1. The molecule has 3 aromatic rings. The number of carbonyl (C=O) groups is 1. The molecule has 0 unspecified atom stereocenters. The van der Waals surface area contributed by atoms with E-state index in [1.54, 1.807) is 17.7 Å². The van der Waals surface area contributed by atoms with Gasteiger partial charge in [-0.2, -0.15) is 0 Å². The van der Waals surface area contributed by atoms with Gasteiger partial charge in [-0.1, -0.05) is 23.1 Å². The van der Waals surface area contributed by atoms with Crippen LogP contribution in [0.25, 0.3) is 10.2 Å². The molecular formula is C14H15N5OS4. The summed E-state index contributed by atoms with van der Waals surface area (Å²) in [7, 11) is 0. The van der Waals surface area contributed by atoms with Gasteiger partial charge in [-0.3, -0.25) is 4.79 Å². The molecule has 0 saturated heterocycles. The molecule has 1 amide bonds. The highest BCUT2D eigenvalue weighted by atomic mass is 32.2. The van der Waals surface area contributed by atoms with Gasteiger partial charge < -0.3 is 4.90 Å². The maximum Gasteiger partial charge on any atom is 0.233 e. The van der Waals surface area contributed by atoms with Crippen molar-refractivity contribution >= 4 is 62.3 Å². The van der Waals surface area contributed by atoms with E-state index in [4.69, 9.17) is 0 Å². The minimum absolute atomic E-state index is 0.130. The lowest BCUT2D eigenvalue weighted by molar-refractivity contribution is -0.127. The van der Waals surface area contributed by atoms with Crippen LogP contribution in [0, 0.1) is 0 Å². The van der Waals surface area contributed by atoms with Crippen LogP contribution in [-0.2, 0) is 4.79 Å². The molecule has 0 aliphatic heterocycles. The van der Waals surface area contributed by atoms with Crippen LogP contribution in [0.2, 0.25) is 0 Å². The highest BCUT2D eigenvalue weighted by molar-refractivity contribution is 8.03. The van der Waals surface area contributed by atoms with Crippen LogP contribution in [-0.4, -0.2) is 49.8 Å². The quantitative estimate of drug-likeness (QED) is 0.445. The lowest BCUT2D eigenvalue weighted by Gasteiger charge is -2.17. The van der Waals surface area contributed by atoms with E-state index in [-0.39, 0.29) is 5.91 Å². The molecule has 126 valence electrons. The first-order valence-corrected chi connectivity index (χ1v) is 10.8. The summed E-state index contributed by atoms with van der Waals surface area (Å²) in [5.41, 5.74) is 0. The number of aromatic nitrogens is 4. The van der Waals surface area contributed by atoms with Gasteiger partial charge in [0.1, 0.15) is 16.2 Å². The zero-order valence-electron chi connectivity index (χ0n) is 13.1. The Morgan fingerprint density at radius 1 is 1.21 bits per heavy atom. The van der Waals surface area contributed by atoms with E-state index in [2.05, 4.69) is 20.2 Å². The van der Waals surface area contributed by atoms with Crippen molar-refractivity contribution in [2.75, 3.05) is 18.8 Å². The molecule has 24 heavy (non-hydrogen) atoms. The van der Waals surface area contributed by atoms with E-state index >= 15 is 0 Å². The molecule has 0 aromatic carbocycles. The Hall–Kier alpha value is -1.23. The normalized spacial score (nSPS) is 11.1. The average Bonchev–Trinajstić information content (AvgIpc) is 3.23. The van der Waals surface area contributed by atoms with Gasteiger partial charge in [0.05, 0.1) is 5.75 Å². The highest BCUT2D eigenvalue weighted by Crippen LogP contribution is 2.36. The fourth-order valence-electron chi connectivity index (χ4n) is 2.02. The van der Waals surface area contributed by atoms with E-state index in [0.29, 0.717) is 5.75 Å². The second-order valence-corrected chi connectivity index (χ2v) is 8.94. The molecule has 6 nitrogen and oxygen atoms in total. The Bertz CT molecular complexity index is 829. The van der Waals surface area contributed by atoms with Gasteiger partial charge in [0.15, 0.2) is 8.68 Å². The molecule has 0 N–H and O–H groups in total. The van der Waals surface area contributed by atoms with Gasteiger partial charge in [0, 0.05) is 18.5 Å². The number of fused-ring (bicyclic) bond motifs is 1. The monoisotopic (exact) mass is 397 g/mol. The van der Waals surface area contributed by atoms with Crippen molar-refractivity contribution in [3.63, 3.8) is 0 Å². The minimum atomic E-state index is 0.130. The smallest absolute Gasteiger partial charge is 0.233 e. The average molecular weight is 398 g/mol. The number of rotatable bonds is 7. The zero-order valence-corrected chi connectivity index (χ0v) is 16.4. The molecule has 0 atom stereocenters. The van der Waals surface area contributed by atoms with Crippen LogP contribution < -0.4 is 0 Å². The van der Waals surface area contributed by atoms with Crippen LogP contribution in [0.1, 0.15) is 13.8 Å². The van der Waals surface area contributed by atoms with E-state index < -0.39 is 0 Å². The number of nitrogens with zero attached hydrogens (tertiary/aromatic N) is 5. The van der Waals surface area contributed by atoms with Crippen LogP contribution >= 0.6 is 46.2 Å². The first-order valence-electron chi connectivity index (χ1n) is 7.31. The second-order valence-electron chi connectivity index (χ2n) is 4.61. The second kappa shape index (κ2) is 8.24. The Balaban J connectivity index is 1.64. The fourth-order valence-corrected chi connectivity index (χ4v) is 5.73. The number of amides is 1. The fraction of sp³-hybridized carbons (Fsp3) is 0.357. The van der Waals surface area contributed by atoms with Gasteiger partial charge >= 0.3 is 0 Å². The van der Waals surface area contributed by atoms with Crippen LogP contribution in [0.4, 0.5) is 0 Å². The van der Waals surface area contributed by atoms with Crippen LogP contribution in [0.5, 0.6) is 0 Å². The largest absolute Gasteiger partial charge is 0.343 e. The van der Waals surface area contributed by atoms with Gasteiger partial charge in [0.2, 0.25) is 5.91 Å². The van der Waals surface area contributed by atoms with E-state index in [0.717, 1.165) is 37.0 Å². The van der Waals surface area contributed by atoms with Crippen molar-refractivity contribution < 1.29 is 4.79 Å². The molecule has 0 aliphatic carbocycles. The van der Waals surface area contributed by atoms with Gasteiger partial charge in [-0.15, -0.1) is 21.5 Å². The standard InChI is InChI=1S/C14H15N5OS4/c1-3-19(4-2)10(20)7-22-13-17-18-14(24-13)23-12-9-5-6-21-11(9)15-8-16-12/h5-6,8H,3-4,7H2,1-2H3. The minimum Gasteiger partial charge on any atom is -0.343 e. The van der Waals surface area contributed by atoms with Gasteiger partial charge in [-0.25, -0.2) is 9.97 Å². The van der Waals surface area contributed by atoms with Crippen LogP contribution in [0.15, 0.2) is 31.5 Å². The summed E-state index contributed by atoms with van der Waals surface area (Å²) in [5, 5.41) is 12.3. The van der Waals surface area contributed by atoms with Crippen LogP contribution in [0.3, 0.4) is 0 Å². The number of hydrogen-bond donors (Lipinski definition) is 0. The number of thiophene rings is 1. The molecule has 10 heteroatoms. The summed E-state index contributed by atoms with van der Waals surface area (Å²) in [6.07, 6.45) is 1.57. The van der Waals surface area contributed by atoms with E-state index in [1.165, 1.54) is 34.9 Å². The molecule has 0 saturated carbocycles. The predicted octanol–water partition coefficient (Wildman–Crippen LogP) is 3.65. The SMILES string of the molecule is CCN(CC)C(=O)CSc1nnc(Sc2ncnc3sccc23)s1. The molecule has 3 aromatic heterocycles. The lowest BCUT2D eigenvalue weighted by Crippen LogP contribution is -2.31. The summed E-state index contributed by atoms with van der Waals surface area (Å²) in [4.78, 5) is 23.4. The van der Waals surface area contributed by atoms with Crippen molar-refractivity contribution in [1.82, 2.24) is 25.1 Å². The first kappa shape index (κ1) is 17.6.